The first-order valence-electron chi connectivity index (χ1n) is 2.71. The minimum atomic E-state index is -1.22. The zero-order chi connectivity index (χ0) is 7.65. The standard InChI is InChI=1S/C5H11NO3/c1-4(7)5(2,3)6(8)9/h4,7H,1-3H3. The van der Waals surface area contributed by atoms with Gasteiger partial charge in [-0.2, -0.15) is 0 Å². The normalized spacial score (nSPS) is 15.1. The monoisotopic (exact) mass is 133 g/mol. The quantitative estimate of drug-likeness (QED) is 0.438. The number of nitrogens with zero attached hydrogens (tertiary/aromatic N) is 1. The van der Waals surface area contributed by atoms with Gasteiger partial charge in [0, 0.05) is 18.8 Å². The van der Waals surface area contributed by atoms with E-state index in [1.54, 1.807) is 0 Å². The van der Waals surface area contributed by atoms with Crippen LogP contribution >= 0.6 is 0 Å². The van der Waals surface area contributed by atoms with Crippen LogP contribution in [0.4, 0.5) is 0 Å². The van der Waals surface area contributed by atoms with Crippen molar-refractivity contribution in [1.82, 2.24) is 0 Å². The molecule has 0 saturated carbocycles. The Balaban J connectivity index is 4.19. The minimum Gasteiger partial charge on any atom is -0.386 e. The highest BCUT2D eigenvalue weighted by molar-refractivity contribution is 4.72. The average molecular weight is 133 g/mol. The van der Waals surface area contributed by atoms with Crippen molar-refractivity contribution in [2.45, 2.75) is 32.4 Å². The van der Waals surface area contributed by atoms with Crippen molar-refractivity contribution < 1.29 is 10.0 Å². The maximum Gasteiger partial charge on any atom is 0.241 e. The lowest BCUT2D eigenvalue weighted by molar-refractivity contribution is -0.572. The number of nitro groups is 1. The molecule has 0 amide bonds. The number of rotatable bonds is 2. The Kier molecular flexibility index (Phi) is 2.14. The molecule has 0 aromatic heterocycles. The Morgan fingerprint density at radius 2 is 2.00 bits per heavy atom. The highest BCUT2D eigenvalue weighted by Gasteiger charge is 2.36. The summed E-state index contributed by atoms with van der Waals surface area (Å²) < 4.78 is 0. The predicted molar refractivity (Wildman–Crippen MR) is 32.8 cm³/mol. The van der Waals surface area contributed by atoms with E-state index in [9.17, 15) is 10.1 Å². The maximum atomic E-state index is 10.1. The first-order chi connectivity index (χ1) is 3.89. The summed E-state index contributed by atoms with van der Waals surface area (Å²) in [5.74, 6) is 0. The molecule has 0 heterocycles. The fourth-order valence-electron chi connectivity index (χ4n) is 0.153. The highest BCUT2D eigenvalue weighted by Crippen LogP contribution is 2.11. The molecular weight excluding hydrogens is 122 g/mol. The lowest BCUT2D eigenvalue weighted by Gasteiger charge is -2.17. The van der Waals surface area contributed by atoms with Crippen LogP contribution in [0.1, 0.15) is 20.8 Å². The lowest BCUT2D eigenvalue weighted by Crippen LogP contribution is -2.41. The topological polar surface area (TPSA) is 63.4 Å². The molecular formula is C5H11NO3. The summed E-state index contributed by atoms with van der Waals surface area (Å²) in [5.41, 5.74) is -1.22. The third-order valence-corrected chi connectivity index (χ3v) is 1.49. The highest BCUT2D eigenvalue weighted by atomic mass is 16.6. The van der Waals surface area contributed by atoms with Crippen LogP contribution in [0, 0.1) is 10.1 Å². The summed E-state index contributed by atoms with van der Waals surface area (Å²) in [6.45, 7) is 4.18. The van der Waals surface area contributed by atoms with E-state index >= 15 is 0 Å². The van der Waals surface area contributed by atoms with Gasteiger partial charge in [-0.05, 0) is 6.92 Å². The molecule has 0 aliphatic rings. The van der Waals surface area contributed by atoms with Gasteiger partial charge in [-0.25, -0.2) is 0 Å². The number of hydrogen-bond acceptors (Lipinski definition) is 3. The average Bonchev–Trinajstić information content (AvgIpc) is 1.65. The molecule has 1 atom stereocenters. The lowest BCUT2D eigenvalue weighted by atomic mass is 10.0. The van der Waals surface area contributed by atoms with Crippen molar-refractivity contribution in [3.8, 4) is 0 Å². The molecule has 0 fully saturated rings. The number of aliphatic hydroxyl groups excluding tert-OH is 1. The van der Waals surface area contributed by atoms with Gasteiger partial charge in [-0.15, -0.1) is 0 Å². The van der Waals surface area contributed by atoms with Crippen LogP contribution < -0.4 is 0 Å². The van der Waals surface area contributed by atoms with Gasteiger partial charge >= 0.3 is 0 Å². The number of hydrogen-bond donors (Lipinski definition) is 1. The summed E-state index contributed by atoms with van der Waals surface area (Å²) in [6, 6.07) is 0. The van der Waals surface area contributed by atoms with E-state index in [4.69, 9.17) is 5.11 Å². The van der Waals surface area contributed by atoms with Crippen LogP contribution in [0.2, 0.25) is 0 Å². The second kappa shape index (κ2) is 2.31. The molecule has 4 nitrogen and oxygen atoms in total. The second-order valence-corrected chi connectivity index (χ2v) is 2.59. The molecule has 0 spiro atoms. The molecule has 9 heavy (non-hydrogen) atoms. The molecule has 54 valence electrons. The van der Waals surface area contributed by atoms with Crippen LogP contribution in [0.25, 0.3) is 0 Å². The first kappa shape index (κ1) is 8.36. The van der Waals surface area contributed by atoms with E-state index in [0.29, 0.717) is 0 Å². The predicted octanol–water partition coefficient (Wildman–Crippen LogP) is 0.422. The summed E-state index contributed by atoms with van der Waals surface area (Å²) in [7, 11) is 0. The molecule has 0 saturated heterocycles. The SMILES string of the molecule is CC(O)C(C)(C)[N+](=O)[O-]. The molecule has 0 aromatic rings. The van der Waals surface area contributed by atoms with Gasteiger partial charge in [0.05, 0.1) is 0 Å². The van der Waals surface area contributed by atoms with Crippen molar-refractivity contribution in [2.75, 3.05) is 0 Å². The molecule has 0 bridgehead atoms. The van der Waals surface area contributed by atoms with Gasteiger partial charge in [0.25, 0.3) is 0 Å². The van der Waals surface area contributed by atoms with Crippen LogP contribution in [-0.4, -0.2) is 21.7 Å². The van der Waals surface area contributed by atoms with Gasteiger partial charge in [0.15, 0.2) is 0 Å². The van der Waals surface area contributed by atoms with Gasteiger partial charge in [-0.3, -0.25) is 10.1 Å². The molecule has 1 unspecified atom stereocenters. The van der Waals surface area contributed by atoms with Crippen molar-refractivity contribution in [1.29, 1.82) is 0 Å². The third-order valence-electron chi connectivity index (χ3n) is 1.49. The second-order valence-electron chi connectivity index (χ2n) is 2.59. The fraction of sp³-hybridized carbons (Fsp3) is 1.00. The van der Waals surface area contributed by atoms with Gasteiger partial charge in [0.1, 0.15) is 6.10 Å². The Labute approximate surface area is 53.6 Å². The minimum absolute atomic E-state index is 0.488. The molecule has 0 rings (SSSR count). The first-order valence-corrected chi connectivity index (χ1v) is 2.71. The summed E-state index contributed by atoms with van der Waals surface area (Å²) in [5, 5.41) is 18.9. The Morgan fingerprint density at radius 3 is 2.00 bits per heavy atom. The summed E-state index contributed by atoms with van der Waals surface area (Å²) >= 11 is 0. The zero-order valence-electron chi connectivity index (χ0n) is 5.79. The van der Waals surface area contributed by atoms with Crippen LogP contribution in [0.15, 0.2) is 0 Å². The molecule has 0 aliphatic heterocycles. The van der Waals surface area contributed by atoms with Crippen LogP contribution in [0.5, 0.6) is 0 Å². The van der Waals surface area contributed by atoms with Gasteiger partial charge in [0.2, 0.25) is 5.54 Å². The molecule has 0 aromatic carbocycles. The smallest absolute Gasteiger partial charge is 0.241 e. The van der Waals surface area contributed by atoms with Crippen LogP contribution in [0.3, 0.4) is 0 Å². The van der Waals surface area contributed by atoms with Gasteiger partial charge < -0.3 is 5.11 Å². The van der Waals surface area contributed by atoms with E-state index in [1.165, 1.54) is 20.8 Å². The van der Waals surface area contributed by atoms with E-state index in [0.717, 1.165) is 0 Å². The van der Waals surface area contributed by atoms with E-state index in [1.807, 2.05) is 0 Å². The fourth-order valence-corrected chi connectivity index (χ4v) is 0.153. The van der Waals surface area contributed by atoms with Crippen LogP contribution in [-0.2, 0) is 0 Å². The largest absolute Gasteiger partial charge is 0.386 e. The van der Waals surface area contributed by atoms with E-state index < -0.39 is 16.6 Å². The van der Waals surface area contributed by atoms with Crippen molar-refractivity contribution in [3.63, 3.8) is 0 Å². The number of aliphatic hydroxyl groups is 1. The Morgan fingerprint density at radius 1 is 1.67 bits per heavy atom. The molecule has 1 N–H and O–H groups in total. The summed E-state index contributed by atoms with van der Waals surface area (Å²) in [6.07, 6.45) is -0.910. The third kappa shape index (κ3) is 1.64. The molecule has 4 heteroatoms. The summed E-state index contributed by atoms with van der Waals surface area (Å²) in [4.78, 5) is 9.62. The zero-order valence-corrected chi connectivity index (χ0v) is 5.79. The van der Waals surface area contributed by atoms with Crippen molar-refractivity contribution >= 4 is 0 Å². The Bertz CT molecular complexity index is 119. The van der Waals surface area contributed by atoms with Crippen molar-refractivity contribution in [3.05, 3.63) is 10.1 Å². The Hall–Kier alpha value is -0.640. The van der Waals surface area contributed by atoms with Gasteiger partial charge in [-0.1, -0.05) is 0 Å². The molecule has 0 radical (unpaired) electrons. The maximum absolute atomic E-state index is 10.1. The molecule has 0 aliphatic carbocycles. The van der Waals surface area contributed by atoms with E-state index in [2.05, 4.69) is 0 Å². The van der Waals surface area contributed by atoms with E-state index in [-0.39, 0.29) is 0 Å². The van der Waals surface area contributed by atoms with Crippen molar-refractivity contribution in [2.24, 2.45) is 0 Å².